The van der Waals surface area contributed by atoms with Crippen molar-refractivity contribution >= 4 is 33.6 Å². The van der Waals surface area contributed by atoms with Gasteiger partial charge in [-0.3, -0.25) is 4.79 Å². The van der Waals surface area contributed by atoms with Gasteiger partial charge in [-0.15, -0.1) is 0 Å². The second-order valence-corrected chi connectivity index (χ2v) is 8.51. The lowest BCUT2D eigenvalue weighted by Crippen LogP contribution is -2.54. The van der Waals surface area contributed by atoms with Crippen LogP contribution in [0.3, 0.4) is 0 Å². The van der Waals surface area contributed by atoms with Crippen molar-refractivity contribution in [3.63, 3.8) is 0 Å². The van der Waals surface area contributed by atoms with Crippen LogP contribution in [-0.2, 0) is 19.6 Å². The van der Waals surface area contributed by atoms with Crippen LogP contribution in [0.15, 0.2) is 23.2 Å². The minimum atomic E-state index is -3.88. The number of pyridine rings is 1. The number of ether oxygens (including phenoxy) is 1. The number of carbonyl (C=O) groups excluding carboxylic acids is 2. The van der Waals surface area contributed by atoms with Gasteiger partial charge in [0.2, 0.25) is 15.9 Å². The topological polar surface area (TPSA) is 96.9 Å². The molecule has 0 saturated carbocycles. The molecule has 1 aromatic rings. The Balaban J connectivity index is 2.11. The lowest BCUT2D eigenvalue weighted by Gasteiger charge is -2.33. The quantitative estimate of drug-likeness (QED) is 0.727. The first-order chi connectivity index (χ1) is 11.0. The summed E-state index contributed by atoms with van der Waals surface area (Å²) in [6.07, 6.45) is 0.347. The highest BCUT2D eigenvalue weighted by molar-refractivity contribution is 7.89. The standard InChI is InChI=1S/C14H18ClN3O5S/c1-14(2,3)23-13(20)18-7-6-17(9-12(18)19)24(21,22)10-4-5-11(15)16-8-10/h4-5,8H,6-7,9H2,1-3H3. The minimum absolute atomic E-state index is 0.0179. The Kier molecular flexibility index (Phi) is 5.17. The summed E-state index contributed by atoms with van der Waals surface area (Å²) in [7, 11) is -3.88. The second-order valence-electron chi connectivity index (χ2n) is 6.18. The maximum Gasteiger partial charge on any atom is 0.417 e. The van der Waals surface area contributed by atoms with E-state index in [1.54, 1.807) is 20.8 Å². The molecule has 8 nitrogen and oxygen atoms in total. The molecule has 1 saturated heterocycles. The van der Waals surface area contributed by atoms with Gasteiger partial charge in [-0.2, -0.15) is 4.31 Å². The van der Waals surface area contributed by atoms with Gasteiger partial charge in [0, 0.05) is 19.3 Å². The Bertz CT molecular complexity index is 743. The molecule has 132 valence electrons. The van der Waals surface area contributed by atoms with E-state index in [0.29, 0.717) is 0 Å². The van der Waals surface area contributed by atoms with Crippen molar-refractivity contribution in [3.8, 4) is 0 Å². The third-order valence-corrected chi connectivity index (χ3v) is 5.19. The molecular formula is C14H18ClN3O5S. The van der Waals surface area contributed by atoms with Crippen molar-refractivity contribution in [2.24, 2.45) is 0 Å². The molecular weight excluding hydrogens is 358 g/mol. The fourth-order valence-corrected chi connectivity index (χ4v) is 3.47. The minimum Gasteiger partial charge on any atom is -0.443 e. The highest BCUT2D eigenvalue weighted by atomic mass is 35.5. The molecule has 10 heteroatoms. The summed E-state index contributed by atoms with van der Waals surface area (Å²) in [6, 6.07) is 2.67. The Labute approximate surface area is 145 Å². The van der Waals surface area contributed by atoms with Crippen molar-refractivity contribution in [2.75, 3.05) is 19.6 Å². The van der Waals surface area contributed by atoms with Crippen LogP contribution in [0.25, 0.3) is 0 Å². The van der Waals surface area contributed by atoms with Crippen LogP contribution in [0.4, 0.5) is 4.79 Å². The summed E-state index contributed by atoms with van der Waals surface area (Å²) < 4.78 is 31.2. The highest BCUT2D eigenvalue weighted by Gasteiger charge is 2.37. The Morgan fingerprint density at radius 3 is 2.46 bits per heavy atom. The molecule has 2 amide bonds. The molecule has 2 rings (SSSR count). The van der Waals surface area contributed by atoms with Crippen LogP contribution in [0, 0.1) is 0 Å². The number of hydrogen-bond donors (Lipinski definition) is 0. The predicted octanol–water partition coefficient (Wildman–Crippen LogP) is 1.50. The molecule has 1 aromatic heterocycles. The highest BCUT2D eigenvalue weighted by Crippen LogP contribution is 2.20. The number of carbonyl (C=O) groups is 2. The molecule has 24 heavy (non-hydrogen) atoms. The van der Waals surface area contributed by atoms with Gasteiger partial charge in [-0.05, 0) is 32.9 Å². The van der Waals surface area contributed by atoms with Gasteiger partial charge in [-0.25, -0.2) is 23.1 Å². The monoisotopic (exact) mass is 375 g/mol. The van der Waals surface area contributed by atoms with Crippen LogP contribution in [0.2, 0.25) is 5.15 Å². The van der Waals surface area contributed by atoms with Crippen LogP contribution >= 0.6 is 11.6 Å². The van der Waals surface area contributed by atoms with Crippen molar-refractivity contribution < 1.29 is 22.7 Å². The van der Waals surface area contributed by atoms with E-state index in [1.807, 2.05) is 0 Å². The number of halogens is 1. The molecule has 0 aromatic carbocycles. The number of hydrogen-bond acceptors (Lipinski definition) is 6. The second kappa shape index (κ2) is 6.66. The summed E-state index contributed by atoms with van der Waals surface area (Å²) in [6.45, 7) is 4.52. The molecule has 0 radical (unpaired) electrons. The summed E-state index contributed by atoms with van der Waals surface area (Å²) in [5.41, 5.74) is -0.741. The van der Waals surface area contributed by atoms with Crippen molar-refractivity contribution in [1.82, 2.24) is 14.2 Å². The van der Waals surface area contributed by atoms with E-state index in [2.05, 4.69) is 4.98 Å². The number of amides is 2. The van der Waals surface area contributed by atoms with Crippen LogP contribution in [0.1, 0.15) is 20.8 Å². The number of imide groups is 1. The van der Waals surface area contributed by atoms with Crippen molar-refractivity contribution in [3.05, 3.63) is 23.5 Å². The first kappa shape index (κ1) is 18.6. The van der Waals surface area contributed by atoms with Gasteiger partial charge in [-0.1, -0.05) is 11.6 Å². The van der Waals surface area contributed by atoms with Gasteiger partial charge < -0.3 is 4.74 Å². The van der Waals surface area contributed by atoms with E-state index < -0.39 is 34.2 Å². The molecule has 0 bridgehead atoms. The van der Waals surface area contributed by atoms with E-state index in [9.17, 15) is 18.0 Å². The van der Waals surface area contributed by atoms with E-state index in [1.165, 1.54) is 12.1 Å². The smallest absolute Gasteiger partial charge is 0.417 e. The molecule has 0 spiro atoms. The normalized spacial score (nSPS) is 17.0. The lowest BCUT2D eigenvalue weighted by molar-refractivity contribution is -0.133. The molecule has 1 aliphatic heterocycles. The maximum absolute atomic E-state index is 12.5. The first-order valence-corrected chi connectivity index (χ1v) is 8.97. The van der Waals surface area contributed by atoms with Crippen LogP contribution in [-0.4, -0.2) is 59.8 Å². The summed E-state index contributed by atoms with van der Waals surface area (Å²) in [4.78, 5) is 28.7. The van der Waals surface area contributed by atoms with E-state index in [0.717, 1.165) is 15.4 Å². The van der Waals surface area contributed by atoms with Gasteiger partial charge in [0.05, 0.1) is 6.54 Å². The predicted molar refractivity (Wildman–Crippen MR) is 86.0 cm³/mol. The average Bonchev–Trinajstić information content (AvgIpc) is 2.45. The van der Waals surface area contributed by atoms with Crippen LogP contribution < -0.4 is 0 Å². The Hall–Kier alpha value is -1.71. The number of piperazine rings is 1. The third-order valence-electron chi connectivity index (χ3n) is 3.14. The maximum atomic E-state index is 12.5. The summed E-state index contributed by atoms with van der Waals surface area (Å²) >= 11 is 5.65. The Morgan fingerprint density at radius 1 is 1.29 bits per heavy atom. The molecule has 0 N–H and O–H groups in total. The lowest BCUT2D eigenvalue weighted by atomic mass is 10.2. The summed E-state index contributed by atoms with van der Waals surface area (Å²) in [5, 5.41) is 0.166. The molecule has 1 fully saturated rings. The number of sulfonamides is 1. The van der Waals surface area contributed by atoms with Gasteiger partial charge in [0.1, 0.15) is 15.6 Å². The first-order valence-electron chi connectivity index (χ1n) is 7.16. The fraction of sp³-hybridized carbons (Fsp3) is 0.500. The van der Waals surface area contributed by atoms with Gasteiger partial charge in [0.25, 0.3) is 0 Å². The number of aromatic nitrogens is 1. The van der Waals surface area contributed by atoms with Crippen molar-refractivity contribution in [1.29, 1.82) is 0 Å². The van der Waals surface area contributed by atoms with Gasteiger partial charge in [0.15, 0.2) is 0 Å². The zero-order chi connectivity index (χ0) is 18.1. The van der Waals surface area contributed by atoms with Crippen LogP contribution in [0.5, 0.6) is 0 Å². The molecule has 2 heterocycles. The fourth-order valence-electron chi connectivity index (χ4n) is 2.03. The zero-order valence-electron chi connectivity index (χ0n) is 13.5. The molecule has 0 unspecified atom stereocenters. The molecule has 1 aliphatic rings. The third kappa shape index (κ3) is 4.22. The Morgan fingerprint density at radius 2 is 1.96 bits per heavy atom. The summed E-state index contributed by atoms with van der Waals surface area (Å²) in [5.74, 6) is -0.638. The zero-order valence-corrected chi connectivity index (χ0v) is 15.1. The van der Waals surface area contributed by atoms with E-state index in [4.69, 9.17) is 16.3 Å². The number of rotatable bonds is 2. The molecule has 0 atom stereocenters. The van der Waals surface area contributed by atoms with E-state index in [-0.39, 0.29) is 23.1 Å². The van der Waals surface area contributed by atoms with E-state index >= 15 is 0 Å². The number of nitrogens with zero attached hydrogens (tertiary/aromatic N) is 3. The molecule has 0 aliphatic carbocycles. The largest absolute Gasteiger partial charge is 0.443 e. The van der Waals surface area contributed by atoms with Crippen molar-refractivity contribution in [2.45, 2.75) is 31.3 Å². The average molecular weight is 376 g/mol. The van der Waals surface area contributed by atoms with Gasteiger partial charge >= 0.3 is 6.09 Å². The SMILES string of the molecule is CC(C)(C)OC(=O)N1CCN(S(=O)(=O)c2ccc(Cl)nc2)CC1=O.